The van der Waals surface area contributed by atoms with Crippen molar-refractivity contribution in [3.05, 3.63) is 74.7 Å². The van der Waals surface area contributed by atoms with E-state index >= 15 is 0 Å². The fourth-order valence-electron chi connectivity index (χ4n) is 2.81. The Kier molecular flexibility index (Phi) is 4.43. The lowest BCUT2D eigenvalue weighted by Crippen LogP contribution is -2.23. The molecule has 1 amide bonds. The van der Waals surface area contributed by atoms with Crippen LogP contribution in [0.15, 0.2) is 64.4 Å². The number of rotatable bonds is 4. The van der Waals surface area contributed by atoms with E-state index in [1.54, 1.807) is 36.6 Å². The Balaban J connectivity index is 1.58. The van der Waals surface area contributed by atoms with Crippen LogP contribution >= 0.6 is 11.3 Å². The molecule has 0 bridgehead atoms. The van der Waals surface area contributed by atoms with Crippen LogP contribution < -0.4 is 10.2 Å². The second kappa shape index (κ2) is 7.05. The van der Waals surface area contributed by atoms with E-state index in [-0.39, 0.29) is 18.3 Å². The molecule has 6 nitrogen and oxygen atoms in total. The van der Waals surface area contributed by atoms with Gasteiger partial charge in [0.05, 0.1) is 10.6 Å². The fraction of sp³-hybridized carbons (Fsp3) is 0.0500. The molecular formula is C20H15N3O3S. The van der Waals surface area contributed by atoms with Crippen molar-refractivity contribution in [1.82, 2.24) is 4.57 Å². The fourth-order valence-corrected chi connectivity index (χ4v) is 3.65. The summed E-state index contributed by atoms with van der Waals surface area (Å²) in [5, 5.41) is 13.1. The van der Waals surface area contributed by atoms with Crippen LogP contribution in [0.4, 0.5) is 11.4 Å². The monoisotopic (exact) mass is 377 g/mol. The number of carbonyl (C=O) groups excluding carboxylic acids is 1. The predicted octanol–water partition coefficient (Wildman–Crippen LogP) is 3.51. The second-order valence-corrected chi connectivity index (χ2v) is 6.92. The first kappa shape index (κ1) is 17.0. The van der Waals surface area contributed by atoms with Gasteiger partial charge < -0.3 is 10.4 Å². The number of para-hydroxylation sites is 2. The summed E-state index contributed by atoms with van der Waals surface area (Å²) in [4.78, 5) is 28.7. The number of amides is 1. The molecule has 0 radical (unpaired) electrons. The second-order valence-electron chi connectivity index (χ2n) is 5.93. The van der Waals surface area contributed by atoms with Crippen molar-refractivity contribution in [3.63, 3.8) is 0 Å². The van der Waals surface area contributed by atoms with E-state index in [1.807, 2.05) is 30.3 Å². The zero-order valence-corrected chi connectivity index (χ0v) is 14.9. The molecule has 1 aromatic heterocycles. The van der Waals surface area contributed by atoms with Crippen molar-refractivity contribution in [2.24, 2.45) is 4.99 Å². The molecule has 1 aliphatic rings. The highest BCUT2D eigenvalue weighted by Gasteiger charge is 2.18. The molecule has 0 spiro atoms. The molecule has 0 saturated carbocycles. The lowest BCUT2D eigenvalue weighted by Gasteiger charge is -2.06. The molecule has 3 aromatic rings. The number of hydrogen-bond donors (Lipinski definition) is 2. The number of nitrogens with zero attached hydrogens (tertiary/aromatic N) is 2. The molecule has 2 heterocycles. The van der Waals surface area contributed by atoms with Gasteiger partial charge >= 0.3 is 4.87 Å². The highest BCUT2D eigenvalue weighted by atomic mass is 32.1. The molecule has 0 atom stereocenters. The quantitative estimate of drug-likeness (QED) is 0.730. The first-order valence-corrected chi connectivity index (χ1v) is 9.06. The Morgan fingerprint density at radius 2 is 1.89 bits per heavy atom. The Hall–Kier alpha value is -3.45. The summed E-state index contributed by atoms with van der Waals surface area (Å²) >= 11 is 0.890. The van der Waals surface area contributed by atoms with Crippen LogP contribution in [0.5, 0.6) is 5.88 Å². The minimum atomic E-state index is -0.397. The molecule has 7 heteroatoms. The van der Waals surface area contributed by atoms with Gasteiger partial charge in [0, 0.05) is 23.0 Å². The molecule has 0 fully saturated rings. The topological polar surface area (TPSA) is 83.7 Å². The Bertz CT molecular complexity index is 1130. The minimum absolute atomic E-state index is 0.224. The summed E-state index contributed by atoms with van der Waals surface area (Å²) in [5.74, 6) is -0.609. The molecule has 0 saturated heterocycles. The van der Waals surface area contributed by atoms with Crippen LogP contribution in [0.3, 0.4) is 0 Å². The number of aromatic nitrogens is 1. The molecular weight excluding hydrogens is 362 g/mol. The van der Waals surface area contributed by atoms with Crippen LogP contribution in [-0.2, 0) is 11.3 Å². The van der Waals surface area contributed by atoms with Crippen LogP contribution in [0.2, 0.25) is 0 Å². The van der Waals surface area contributed by atoms with Crippen molar-refractivity contribution in [2.45, 2.75) is 6.54 Å². The number of thiazole rings is 1. The third-order valence-corrected chi connectivity index (χ3v) is 5.01. The van der Waals surface area contributed by atoms with Crippen LogP contribution in [0.25, 0.3) is 11.6 Å². The molecule has 0 unspecified atom stereocenters. The number of allylic oxidation sites excluding steroid dienone is 1. The van der Waals surface area contributed by atoms with Gasteiger partial charge in [0.25, 0.3) is 0 Å². The first-order chi connectivity index (χ1) is 13.1. The lowest BCUT2D eigenvalue weighted by molar-refractivity contribution is -0.116. The number of hydrogen-bond acceptors (Lipinski definition) is 5. The largest absolute Gasteiger partial charge is 0.493 e. The van der Waals surface area contributed by atoms with Gasteiger partial charge in [0.1, 0.15) is 6.54 Å². The molecule has 134 valence electrons. The van der Waals surface area contributed by atoms with E-state index in [0.717, 1.165) is 32.7 Å². The lowest BCUT2D eigenvalue weighted by atomic mass is 10.1. The zero-order chi connectivity index (χ0) is 18.8. The minimum Gasteiger partial charge on any atom is -0.493 e. The van der Waals surface area contributed by atoms with E-state index in [0.29, 0.717) is 10.6 Å². The van der Waals surface area contributed by atoms with Gasteiger partial charge in [0.15, 0.2) is 0 Å². The predicted molar refractivity (Wildman–Crippen MR) is 108 cm³/mol. The number of carbonyl (C=O) groups is 1. The smallest absolute Gasteiger partial charge is 0.311 e. The number of aromatic hydroxyl groups is 1. The normalized spacial score (nSPS) is 13.7. The van der Waals surface area contributed by atoms with Crippen LogP contribution in [0, 0.1) is 0 Å². The van der Waals surface area contributed by atoms with Gasteiger partial charge in [-0.05, 0) is 24.3 Å². The van der Waals surface area contributed by atoms with Crippen molar-refractivity contribution in [1.29, 1.82) is 0 Å². The van der Waals surface area contributed by atoms with Crippen LogP contribution in [0.1, 0.15) is 10.4 Å². The summed E-state index contributed by atoms with van der Waals surface area (Å²) in [7, 11) is 0. The first-order valence-electron chi connectivity index (χ1n) is 8.24. The zero-order valence-electron chi connectivity index (χ0n) is 14.1. The summed E-state index contributed by atoms with van der Waals surface area (Å²) in [6, 6.07) is 16.6. The standard InChI is InChI=1S/C20H15N3O3S/c24-18(22-14-6-2-1-3-7-14)12-23-19(25)17(27-20(23)26)10-13-11-21-16-9-5-4-8-15(13)16/h1-11,25H,12H2,(H,22,24). The molecule has 0 aliphatic carbocycles. The third kappa shape index (κ3) is 3.45. The van der Waals surface area contributed by atoms with Gasteiger partial charge in [-0.2, -0.15) is 0 Å². The molecule has 4 rings (SSSR count). The van der Waals surface area contributed by atoms with Crippen molar-refractivity contribution < 1.29 is 9.90 Å². The van der Waals surface area contributed by atoms with Gasteiger partial charge in [0.2, 0.25) is 11.8 Å². The number of nitrogens with one attached hydrogen (secondary N) is 1. The average Bonchev–Trinajstić information content (AvgIpc) is 3.19. The van der Waals surface area contributed by atoms with Crippen LogP contribution in [-0.4, -0.2) is 21.8 Å². The maximum absolute atomic E-state index is 12.2. The maximum atomic E-state index is 12.2. The van der Waals surface area contributed by atoms with E-state index in [4.69, 9.17) is 0 Å². The highest BCUT2D eigenvalue weighted by molar-refractivity contribution is 7.10. The number of aliphatic imine (C=N–C) groups is 1. The Morgan fingerprint density at radius 3 is 2.70 bits per heavy atom. The molecule has 27 heavy (non-hydrogen) atoms. The molecule has 2 N–H and O–H groups in total. The van der Waals surface area contributed by atoms with E-state index in [9.17, 15) is 14.7 Å². The average molecular weight is 377 g/mol. The van der Waals surface area contributed by atoms with Crippen molar-refractivity contribution in [2.75, 3.05) is 5.32 Å². The van der Waals surface area contributed by atoms with Gasteiger partial charge in [-0.3, -0.25) is 19.1 Å². The van der Waals surface area contributed by atoms with Gasteiger partial charge in [-0.1, -0.05) is 47.7 Å². The Morgan fingerprint density at radius 1 is 1.15 bits per heavy atom. The summed E-state index contributed by atoms with van der Waals surface area (Å²) in [5.41, 5.74) is 3.22. The number of anilines is 1. The van der Waals surface area contributed by atoms with E-state index in [1.165, 1.54) is 0 Å². The van der Waals surface area contributed by atoms with Gasteiger partial charge in [-0.15, -0.1) is 0 Å². The summed E-state index contributed by atoms with van der Waals surface area (Å²) < 4.78 is 1.06. The van der Waals surface area contributed by atoms with Gasteiger partial charge in [-0.25, -0.2) is 0 Å². The van der Waals surface area contributed by atoms with E-state index in [2.05, 4.69) is 10.3 Å². The summed E-state index contributed by atoms with van der Waals surface area (Å²) in [6.45, 7) is -0.260. The van der Waals surface area contributed by atoms with Crippen molar-refractivity contribution in [3.8, 4) is 5.88 Å². The SMILES string of the molecule is O=C(Cn1c(O)c(C=C2C=Nc3ccccc32)sc1=O)Nc1ccccc1. The molecule has 2 aromatic carbocycles. The highest BCUT2D eigenvalue weighted by Crippen LogP contribution is 2.34. The Labute approximate surface area is 158 Å². The number of benzene rings is 2. The van der Waals surface area contributed by atoms with Crippen molar-refractivity contribution >= 4 is 46.5 Å². The number of fused-ring (bicyclic) bond motifs is 1. The summed E-state index contributed by atoms with van der Waals surface area (Å²) in [6.07, 6.45) is 3.41. The molecule has 1 aliphatic heterocycles. The van der Waals surface area contributed by atoms with E-state index < -0.39 is 4.87 Å². The maximum Gasteiger partial charge on any atom is 0.311 e. The third-order valence-electron chi connectivity index (χ3n) is 4.10.